The van der Waals surface area contributed by atoms with Crippen molar-refractivity contribution in [2.75, 3.05) is 13.2 Å². The van der Waals surface area contributed by atoms with Gasteiger partial charge in [0.2, 0.25) is 5.92 Å². The molecule has 0 atom stereocenters. The molecule has 126 valence electrons. The predicted octanol–water partition coefficient (Wildman–Crippen LogP) is 2.41. The minimum atomic E-state index is -1.66. The Balaban J connectivity index is 3.18. The van der Waals surface area contributed by atoms with Gasteiger partial charge < -0.3 is 9.47 Å². The highest BCUT2D eigenvalue weighted by molar-refractivity contribution is 6.17. The highest BCUT2D eigenvalue weighted by Gasteiger charge is 2.45. The van der Waals surface area contributed by atoms with Crippen LogP contribution in [-0.2, 0) is 29.3 Å². The summed E-state index contributed by atoms with van der Waals surface area (Å²) >= 11 is 0. The molecule has 0 saturated carbocycles. The van der Waals surface area contributed by atoms with Gasteiger partial charge in [0.1, 0.15) is 5.82 Å². The number of benzene rings is 1. The van der Waals surface area contributed by atoms with Crippen molar-refractivity contribution in [2.24, 2.45) is 5.92 Å². The first-order chi connectivity index (χ1) is 10.8. The Labute approximate surface area is 134 Å². The van der Waals surface area contributed by atoms with Gasteiger partial charge in [-0.25, -0.2) is 4.39 Å². The number of ether oxygens (including phenoxy) is 2. The standard InChI is InChI=1S/C17H21FO5/c1-5-22-15(20)13(16(21)23-6-2)14(19)17(3,4)11-7-9-12(18)10-8-11/h7-10,13H,5-6H2,1-4H3. The van der Waals surface area contributed by atoms with E-state index < -0.39 is 34.9 Å². The van der Waals surface area contributed by atoms with Crippen LogP contribution in [0.15, 0.2) is 24.3 Å². The normalized spacial score (nSPS) is 11.2. The van der Waals surface area contributed by atoms with Gasteiger partial charge in [0.05, 0.1) is 13.2 Å². The molecule has 0 amide bonds. The Morgan fingerprint density at radius 2 is 1.43 bits per heavy atom. The minimum Gasteiger partial charge on any atom is -0.465 e. The van der Waals surface area contributed by atoms with E-state index in [1.165, 1.54) is 24.3 Å². The summed E-state index contributed by atoms with van der Waals surface area (Å²) in [4.78, 5) is 36.8. The molecule has 0 saturated heterocycles. The highest BCUT2D eigenvalue weighted by Crippen LogP contribution is 2.29. The van der Waals surface area contributed by atoms with E-state index in [-0.39, 0.29) is 13.2 Å². The van der Waals surface area contributed by atoms with E-state index in [0.29, 0.717) is 5.56 Å². The molecule has 0 aliphatic heterocycles. The van der Waals surface area contributed by atoms with Crippen LogP contribution in [0.25, 0.3) is 0 Å². The molecule has 0 unspecified atom stereocenters. The Morgan fingerprint density at radius 3 is 1.83 bits per heavy atom. The summed E-state index contributed by atoms with van der Waals surface area (Å²) in [6.45, 7) is 6.37. The zero-order valence-electron chi connectivity index (χ0n) is 13.7. The summed E-state index contributed by atoms with van der Waals surface area (Å²) < 4.78 is 22.7. The van der Waals surface area contributed by atoms with Gasteiger partial charge in [-0.1, -0.05) is 12.1 Å². The molecule has 1 aromatic carbocycles. The molecule has 0 N–H and O–H groups in total. The largest absolute Gasteiger partial charge is 0.465 e. The lowest BCUT2D eigenvalue weighted by Gasteiger charge is -2.27. The second kappa shape index (κ2) is 7.85. The van der Waals surface area contributed by atoms with Crippen LogP contribution in [0.4, 0.5) is 4.39 Å². The summed E-state index contributed by atoms with van der Waals surface area (Å²) in [5.41, 5.74) is -0.694. The number of Topliss-reactive ketones (excluding diaryl/α,β-unsaturated/α-hetero) is 1. The van der Waals surface area contributed by atoms with Crippen molar-refractivity contribution >= 4 is 17.7 Å². The zero-order chi connectivity index (χ0) is 17.6. The maximum atomic E-state index is 13.1. The third kappa shape index (κ3) is 4.37. The first-order valence-corrected chi connectivity index (χ1v) is 7.39. The summed E-state index contributed by atoms with van der Waals surface area (Å²) in [6.07, 6.45) is 0. The molecule has 0 aromatic heterocycles. The molecule has 0 radical (unpaired) electrons. The van der Waals surface area contributed by atoms with Gasteiger partial charge in [-0.3, -0.25) is 14.4 Å². The van der Waals surface area contributed by atoms with Crippen LogP contribution in [-0.4, -0.2) is 30.9 Å². The molecule has 0 bridgehead atoms. The number of carbonyl (C=O) groups is 3. The lowest BCUT2D eigenvalue weighted by Crippen LogP contribution is -2.44. The van der Waals surface area contributed by atoms with Crippen LogP contribution in [0.3, 0.4) is 0 Å². The van der Waals surface area contributed by atoms with Crippen LogP contribution < -0.4 is 0 Å². The Bertz CT molecular complexity index is 559. The fourth-order valence-corrected chi connectivity index (χ4v) is 2.13. The number of halogens is 1. The number of carbonyl (C=O) groups excluding carboxylic acids is 3. The van der Waals surface area contributed by atoms with Crippen LogP contribution in [0.2, 0.25) is 0 Å². The van der Waals surface area contributed by atoms with Crippen molar-refractivity contribution in [3.8, 4) is 0 Å². The van der Waals surface area contributed by atoms with Crippen LogP contribution >= 0.6 is 0 Å². The Morgan fingerprint density at radius 1 is 1.00 bits per heavy atom. The number of ketones is 1. The van der Waals surface area contributed by atoms with E-state index in [1.807, 2.05) is 0 Å². The maximum absolute atomic E-state index is 13.1. The number of hydrogen-bond donors (Lipinski definition) is 0. The van der Waals surface area contributed by atoms with E-state index >= 15 is 0 Å². The molecule has 0 aliphatic carbocycles. The summed E-state index contributed by atoms with van der Waals surface area (Å²) in [5.74, 6) is -4.63. The number of esters is 2. The second-order valence-corrected chi connectivity index (χ2v) is 5.43. The van der Waals surface area contributed by atoms with Gasteiger partial charge in [0.15, 0.2) is 5.78 Å². The minimum absolute atomic E-state index is 0.0407. The topological polar surface area (TPSA) is 69.7 Å². The SMILES string of the molecule is CCOC(=O)C(C(=O)OCC)C(=O)C(C)(C)c1ccc(F)cc1. The van der Waals surface area contributed by atoms with Gasteiger partial charge >= 0.3 is 11.9 Å². The summed E-state index contributed by atoms with van der Waals surface area (Å²) in [7, 11) is 0. The fourth-order valence-electron chi connectivity index (χ4n) is 2.13. The smallest absolute Gasteiger partial charge is 0.328 e. The van der Waals surface area contributed by atoms with Crippen molar-refractivity contribution in [3.05, 3.63) is 35.6 Å². The van der Waals surface area contributed by atoms with Crippen LogP contribution in [0, 0.1) is 11.7 Å². The van der Waals surface area contributed by atoms with Gasteiger partial charge in [0, 0.05) is 5.41 Å². The monoisotopic (exact) mass is 324 g/mol. The Kier molecular flexibility index (Phi) is 6.42. The van der Waals surface area contributed by atoms with Crippen molar-refractivity contribution < 1.29 is 28.2 Å². The molecule has 23 heavy (non-hydrogen) atoms. The van der Waals surface area contributed by atoms with Crippen molar-refractivity contribution in [1.29, 1.82) is 0 Å². The molecular formula is C17H21FO5. The highest BCUT2D eigenvalue weighted by atomic mass is 19.1. The van der Waals surface area contributed by atoms with E-state index in [1.54, 1.807) is 27.7 Å². The number of hydrogen-bond acceptors (Lipinski definition) is 5. The molecule has 1 aromatic rings. The molecule has 1 rings (SSSR count). The first kappa shape index (κ1) is 18.8. The summed E-state index contributed by atoms with van der Waals surface area (Å²) in [5, 5.41) is 0. The van der Waals surface area contributed by atoms with Gasteiger partial charge in [-0.05, 0) is 45.4 Å². The van der Waals surface area contributed by atoms with Crippen molar-refractivity contribution in [1.82, 2.24) is 0 Å². The third-order valence-electron chi connectivity index (χ3n) is 3.49. The van der Waals surface area contributed by atoms with Gasteiger partial charge in [-0.2, -0.15) is 0 Å². The molecular weight excluding hydrogens is 303 g/mol. The third-order valence-corrected chi connectivity index (χ3v) is 3.49. The van der Waals surface area contributed by atoms with E-state index in [0.717, 1.165) is 0 Å². The second-order valence-electron chi connectivity index (χ2n) is 5.43. The molecule has 0 spiro atoms. The van der Waals surface area contributed by atoms with E-state index in [2.05, 4.69) is 0 Å². The molecule has 0 aliphatic rings. The summed E-state index contributed by atoms with van der Waals surface area (Å²) in [6, 6.07) is 5.32. The lowest BCUT2D eigenvalue weighted by atomic mass is 9.75. The van der Waals surface area contributed by atoms with E-state index in [4.69, 9.17) is 9.47 Å². The predicted molar refractivity (Wildman–Crippen MR) is 81.2 cm³/mol. The molecule has 5 nitrogen and oxygen atoms in total. The van der Waals surface area contributed by atoms with Crippen molar-refractivity contribution in [3.63, 3.8) is 0 Å². The van der Waals surface area contributed by atoms with Crippen LogP contribution in [0.1, 0.15) is 33.3 Å². The van der Waals surface area contributed by atoms with Crippen molar-refractivity contribution in [2.45, 2.75) is 33.1 Å². The fraction of sp³-hybridized carbons (Fsp3) is 0.471. The molecule has 0 fully saturated rings. The average Bonchev–Trinajstić information content (AvgIpc) is 2.48. The quantitative estimate of drug-likeness (QED) is 0.569. The lowest BCUT2D eigenvalue weighted by molar-refractivity contribution is -0.165. The van der Waals surface area contributed by atoms with Crippen LogP contribution in [0.5, 0.6) is 0 Å². The molecule has 0 heterocycles. The van der Waals surface area contributed by atoms with Gasteiger partial charge in [-0.15, -0.1) is 0 Å². The maximum Gasteiger partial charge on any atom is 0.328 e. The average molecular weight is 324 g/mol. The zero-order valence-corrected chi connectivity index (χ0v) is 13.7. The van der Waals surface area contributed by atoms with Gasteiger partial charge in [0.25, 0.3) is 0 Å². The molecule has 6 heteroatoms. The van der Waals surface area contributed by atoms with E-state index in [9.17, 15) is 18.8 Å². The first-order valence-electron chi connectivity index (χ1n) is 7.39. The number of rotatable bonds is 7. The Hall–Kier alpha value is -2.24.